The zero-order valence-electron chi connectivity index (χ0n) is 9.84. The van der Waals surface area contributed by atoms with Crippen LogP contribution in [0, 0.1) is 3.57 Å². The maximum absolute atomic E-state index is 13.0. The first-order chi connectivity index (χ1) is 8.89. The molecule has 3 nitrogen and oxygen atoms in total. The van der Waals surface area contributed by atoms with E-state index in [2.05, 4.69) is 0 Å². The molecule has 0 bridgehead atoms. The van der Waals surface area contributed by atoms with Crippen LogP contribution in [0.3, 0.4) is 0 Å². The summed E-state index contributed by atoms with van der Waals surface area (Å²) in [6.07, 6.45) is -4.53. The highest BCUT2D eigenvalue weighted by Crippen LogP contribution is 2.33. The van der Waals surface area contributed by atoms with Gasteiger partial charge in [-0.3, -0.25) is 4.79 Å². The van der Waals surface area contributed by atoms with Crippen molar-refractivity contribution in [2.45, 2.75) is 6.18 Å². The van der Waals surface area contributed by atoms with Crippen LogP contribution >= 0.6 is 22.6 Å². The molecule has 1 saturated heterocycles. The summed E-state index contributed by atoms with van der Waals surface area (Å²) in [7, 11) is 0. The minimum Gasteiger partial charge on any atom is -0.378 e. The Morgan fingerprint density at radius 1 is 1.26 bits per heavy atom. The molecule has 1 amide bonds. The number of ether oxygens (including phenoxy) is 1. The van der Waals surface area contributed by atoms with Crippen molar-refractivity contribution >= 4 is 28.5 Å². The zero-order chi connectivity index (χ0) is 14.0. The van der Waals surface area contributed by atoms with Crippen LogP contribution in [0.4, 0.5) is 13.2 Å². The highest BCUT2D eigenvalue weighted by atomic mass is 127. The second kappa shape index (κ2) is 5.66. The first-order valence-electron chi connectivity index (χ1n) is 5.63. The van der Waals surface area contributed by atoms with Gasteiger partial charge in [-0.1, -0.05) is 0 Å². The fourth-order valence-corrected chi connectivity index (χ4v) is 2.37. The topological polar surface area (TPSA) is 29.5 Å². The summed E-state index contributed by atoms with van der Waals surface area (Å²) in [5, 5.41) is 0. The second-order valence-electron chi connectivity index (χ2n) is 4.09. The zero-order valence-corrected chi connectivity index (χ0v) is 12.0. The normalized spacial score (nSPS) is 16.5. The Hall–Kier alpha value is -0.830. The summed E-state index contributed by atoms with van der Waals surface area (Å²) in [4.78, 5) is 13.5. The van der Waals surface area contributed by atoms with E-state index in [9.17, 15) is 18.0 Å². The number of hydrogen-bond donors (Lipinski definition) is 0. The monoisotopic (exact) mass is 385 g/mol. The summed E-state index contributed by atoms with van der Waals surface area (Å²) in [6, 6.07) is 3.74. The quantitative estimate of drug-likeness (QED) is 0.696. The van der Waals surface area contributed by atoms with Gasteiger partial charge in [0.15, 0.2) is 0 Å². The Kier molecular flexibility index (Phi) is 4.34. The minimum atomic E-state index is -4.53. The first-order valence-corrected chi connectivity index (χ1v) is 6.71. The van der Waals surface area contributed by atoms with Crippen LogP contribution in [0.1, 0.15) is 15.9 Å². The van der Waals surface area contributed by atoms with E-state index in [1.165, 1.54) is 17.0 Å². The minimum absolute atomic E-state index is 0.296. The van der Waals surface area contributed by atoms with Crippen molar-refractivity contribution < 1.29 is 22.7 Å². The lowest BCUT2D eigenvalue weighted by atomic mass is 10.1. The van der Waals surface area contributed by atoms with Crippen LogP contribution in [0.25, 0.3) is 0 Å². The molecule has 1 aliphatic heterocycles. The Morgan fingerprint density at radius 3 is 2.47 bits per heavy atom. The molecule has 7 heteroatoms. The standard InChI is InChI=1S/C12H11F3INO2/c13-12(14,15)10-7-8(16)1-2-9(10)11(18)17-3-5-19-6-4-17/h1-2,7H,3-6H2. The predicted octanol–water partition coefficient (Wildman–Crippen LogP) is 2.78. The Labute approximate surface area is 121 Å². The molecule has 0 N–H and O–H groups in total. The van der Waals surface area contributed by atoms with Crippen LogP contribution in [-0.4, -0.2) is 37.1 Å². The largest absolute Gasteiger partial charge is 0.417 e. The van der Waals surface area contributed by atoms with E-state index in [4.69, 9.17) is 4.74 Å². The highest BCUT2D eigenvalue weighted by molar-refractivity contribution is 14.1. The van der Waals surface area contributed by atoms with E-state index in [0.29, 0.717) is 29.9 Å². The molecule has 0 radical (unpaired) electrons. The molecule has 0 unspecified atom stereocenters. The Bertz CT molecular complexity index is 484. The molecule has 19 heavy (non-hydrogen) atoms. The summed E-state index contributed by atoms with van der Waals surface area (Å²) in [5.74, 6) is -0.591. The molecule has 1 aromatic carbocycles. The molecule has 1 fully saturated rings. The Balaban J connectivity index is 2.35. The van der Waals surface area contributed by atoms with Gasteiger partial charge in [-0.2, -0.15) is 13.2 Å². The van der Waals surface area contributed by atoms with Crippen LogP contribution in [0.15, 0.2) is 18.2 Å². The SMILES string of the molecule is O=C(c1ccc(I)cc1C(F)(F)F)N1CCOCC1. The number of halogens is 4. The van der Waals surface area contributed by atoms with Gasteiger partial charge in [0.25, 0.3) is 5.91 Å². The molecule has 1 aromatic rings. The van der Waals surface area contributed by atoms with Gasteiger partial charge in [0, 0.05) is 16.7 Å². The average molecular weight is 385 g/mol. The molecule has 0 aromatic heterocycles. The van der Waals surface area contributed by atoms with E-state index in [0.717, 1.165) is 6.07 Å². The van der Waals surface area contributed by atoms with Crippen molar-refractivity contribution in [1.82, 2.24) is 4.90 Å². The highest BCUT2D eigenvalue weighted by Gasteiger charge is 2.36. The van der Waals surface area contributed by atoms with Crippen LogP contribution in [-0.2, 0) is 10.9 Å². The van der Waals surface area contributed by atoms with Crippen molar-refractivity contribution in [1.29, 1.82) is 0 Å². The number of nitrogens with zero attached hydrogens (tertiary/aromatic N) is 1. The fourth-order valence-electron chi connectivity index (χ4n) is 1.87. The van der Waals surface area contributed by atoms with E-state index in [1.807, 2.05) is 0 Å². The lowest BCUT2D eigenvalue weighted by Crippen LogP contribution is -2.41. The number of amides is 1. The summed E-state index contributed by atoms with van der Waals surface area (Å²) in [5.41, 5.74) is -1.18. The number of hydrogen-bond acceptors (Lipinski definition) is 2. The van der Waals surface area contributed by atoms with Gasteiger partial charge in [0.2, 0.25) is 0 Å². The third-order valence-electron chi connectivity index (χ3n) is 2.82. The number of morpholine rings is 1. The van der Waals surface area contributed by atoms with E-state index in [-0.39, 0.29) is 5.56 Å². The maximum atomic E-state index is 13.0. The van der Waals surface area contributed by atoms with Crippen molar-refractivity contribution in [3.63, 3.8) is 0 Å². The molecular weight excluding hydrogens is 374 g/mol. The first kappa shape index (κ1) is 14.6. The number of alkyl halides is 3. The molecule has 0 spiro atoms. The summed E-state index contributed by atoms with van der Waals surface area (Å²) >= 11 is 1.80. The number of rotatable bonds is 1. The van der Waals surface area contributed by atoms with E-state index in [1.54, 1.807) is 22.6 Å². The fraction of sp³-hybridized carbons (Fsp3) is 0.417. The number of carbonyl (C=O) groups is 1. The second-order valence-corrected chi connectivity index (χ2v) is 5.34. The average Bonchev–Trinajstić information content (AvgIpc) is 2.38. The van der Waals surface area contributed by atoms with Gasteiger partial charge in [-0.15, -0.1) is 0 Å². The van der Waals surface area contributed by atoms with Crippen molar-refractivity contribution in [3.8, 4) is 0 Å². The van der Waals surface area contributed by atoms with Crippen LogP contribution in [0.5, 0.6) is 0 Å². The van der Waals surface area contributed by atoms with Gasteiger partial charge in [0.05, 0.1) is 24.3 Å². The van der Waals surface area contributed by atoms with E-state index < -0.39 is 17.6 Å². The molecule has 104 valence electrons. The Morgan fingerprint density at radius 2 is 1.89 bits per heavy atom. The molecule has 2 rings (SSSR count). The maximum Gasteiger partial charge on any atom is 0.417 e. The number of benzene rings is 1. The molecule has 0 saturated carbocycles. The molecule has 0 aliphatic carbocycles. The van der Waals surface area contributed by atoms with Crippen LogP contribution in [0.2, 0.25) is 0 Å². The summed E-state index contributed by atoms with van der Waals surface area (Å²) in [6.45, 7) is 1.36. The van der Waals surface area contributed by atoms with E-state index >= 15 is 0 Å². The smallest absolute Gasteiger partial charge is 0.378 e. The third kappa shape index (κ3) is 3.38. The van der Waals surface area contributed by atoms with Gasteiger partial charge in [0.1, 0.15) is 0 Å². The number of carbonyl (C=O) groups excluding carboxylic acids is 1. The van der Waals surface area contributed by atoms with Gasteiger partial charge >= 0.3 is 6.18 Å². The molecule has 1 heterocycles. The van der Waals surface area contributed by atoms with Crippen molar-refractivity contribution in [2.75, 3.05) is 26.3 Å². The van der Waals surface area contributed by atoms with Crippen LogP contribution < -0.4 is 0 Å². The molecular formula is C12H11F3INO2. The van der Waals surface area contributed by atoms with Gasteiger partial charge in [-0.25, -0.2) is 0 Å². The van der Waals surface area contributed by atoms with Crippen molar-refractivity contribution in [2.24, 2.45) is 0 Å². The lowest BCUT2D eigenvalue weighted by molar-refractivity contribution is -0.138. The van der Waals surface area contributed by atoms with Gasteiger partial charge < -0.3 is 9.64 Å². The van der Waals surface area contributed by atoms with Gasteiger partial charge in [-0.05, 0) is 40.8 Å². The predicted molar refractivity (Wildman–Crippen MR) is 70.9 cm³/mol. The third-order valence-corrected chi connectivity index (χ3v) is 3.49. The van der Waals surface area contributed by atoms with Crippen molar-refractivity contribution in [3.05, 3.63) is 32.9 Å². The lowest BCUT2D eigenvalue weighted by Gasteiger charge is -2.27. The molecule has 1 aliphatic rings. The molecule has 0 atom stereocenters. The summed E-state index contributed by atoms with van der Waals surface area (Å²) < 4.78 is 44.4.